The first-order valence-corrected chi connectivity index (χ1v) is 12.3. The Morgan fingerprint density at radius 2 is 1.66 bits per heavy atom. The van der Waals surface area contributed by atoms with Crippen LogP contribution in [0.3, 0.4) is 0 Å². The fourth-order valence-electron chi connectivity index (χ4n) is 4.47. The zero-order valence-corrected chi connectivity index (χ0v) is 18.6. The SMILES string of the molecule is Cc1ccc(S(=O)(=O)Nc2c(C#N)c3nc4ccccc4nc3n2C2CCCCC2)cc1. The lowest BCUT2D eigenvalue weighted by Crippen LogP contribution is -2.20. The highest BCUT2D eigenvalue weighted by molar-refractivity contribution is 7.92. The van der Waals surface area contributed by atoms with Crippen LogP contribution >= 0.6 is 0 Å². The minimum absolute atomic E-state index is 0.0551. The van der Waals surface area contributed by atoms with E-state index in [0.29, 0.717) is 22.2 Å². The third-order valence-electron chi connectivity index (χ3n) is 6.11. The Balaban J connectivity index is 1.75. The van der Waals surface area contributed by atoms with Crippen LogP contribution in [0.4, 0.5) is 5.82 Å². The summed E-state index contributed by atoms with van der Waals surface area (Å²) in [6.07, 6.45) is 5.07. The van der Waals surface area contributed by atoms with E-state index in [4.69, 9.17) is 9.97 Å². The number of aromatic nitrogens is 3. The molecule has 162 valence electrons. The van der Waals surface area contributed by atoms with Crippen molar-refractivity contribution in [1.29, 1.82) is 5.26 Å². The lowest BCUT2D eigenvalue weighted by Gasteiger charge is -2.26. The Bertz CT molecular complexity index is 1460. The van der Waals surface area contributed by atoms with E-state index in [1.807, 2.05) is 35.8 Å². The Kier molecular flexibility index (Phi) is 5.06. The molecule has 5 rings (SSSR count). The molecule has 0 unspecified atom stereocenters. The number of sulfonamides is 1. The number of hydrogen-bond donors (Lipinski definition) is 1. The van der Waals surface area contributed by atoms with Gasteiger partial charge in [-0.2, -0.15) is 5.26 Å². The van der Waals surface area contributed by atoms with Gasteiger partial charge in [0.1, 0.15) is 23.0 Å². The predicted octanol–water partition coefficient (Wildman–Crippen LogP) is 5.07. The van der Waals surface area contributed by atoms with Crippen molar-refractivity contribution < 1.29 is 8.42 Å². The first kappa shape index (κ1) is 20.5. The molecule has 0 spiro atoms. The number of aryl methyl sites for hydroxylation is 1. The van der Waals surface area contributed by atoms with E-state index in [2.05, 4.69) is 10.8 Å². The van der Waals surface area contributed by atoms with Crippen molar-refractivity contribution in [3.63, 3.8) is 0 Å². The van der Waals surface area contributed by atoms with E-state index in [-0.39, 0.29) is 22.3 Å². The number of nitriles is 1. The van der Waals surface area contributed by atoms with Crippen molar-refractivity contribution in [2.45, 2.75) is 50.0 Å². The van der Waals surface area contributed by atoms with Gasteiger partial charge in [0.15, 0.2) is 5.65 Å². The van der Waals surface area contributed by atoms with Crippen molar-refractivity contribution in [1.82, 2.24) is 14.5 Å². The third-order valence-corrected chi connectivity index (χ3v) is 7.46. The molecule has 32 heavy (non-hydrogen) atoms. The molecule has 1 saturated carbocycles. The second kappa shape index (κ2) is 7.92. The van der Waals surface area contributed by atoms with E-state index in [0.717, 1.165) is 37.7 Å². The molecule has 8 heteroatoms. The Morgan fingerprint density at radius 1 is 1.00 bits per heavy atom. The highest BCUT2D eigenvalue weighted by atomic mass is 32.2. The molecule has 2 aromatic carbocycles. The Hall–Kier alpha value is -3.44. The summed E-state index contributed by atoms with van der Waals surface area (Å²) in [6, 6.07) is 16.4. The van der Waals surface area contributed by atoms with Crippen LogP contribution in [0.25, 0.3) is 22.2 Å². The molecule has 2 heterocycles. The zero-order chi connectivity index (χ0) is 22.3. The first-order chi connectivity index (χ1) is 15.5. The van der Waals surface area contributed by atoms with E-state index < -0.39 is 10.0 Å². The highest BCUT2D eigenvalue weighted by Crippen LogP contribution is 2.38. The molecule has 4 aromatic rings. The number of para-hydroxylation sites is 2. The van der Waals surface area contributed by atoms with Gasteiger partial charge in [0.2, 0.25) is 0 Å². The average Bonchev–Trinajstić information content (AvgIpc) is 3.09. The predicted molar refractivity (Wildman–Crippen MR) is 124 cm³/mol. The summed E-state index contributed by atoms with van der Waals surface area (Å²) in [7, 11) is -3.90. The van der Waals surface area contributed by atoms with Crippen LogP contribution in [0, 0.1) is 18.3 Å². The smallest absolute Gasteiger partial charge is 0.263 e. The van der Waals surface area contributed by atoms with Gasteiger partial charge >= 0.3 is 0 Å². The molecule has 0 saturated heterocycles. The molecule has 1 fully saturated rings. The summed E-state index contributed by atoms with van der Waals surface area (Å²) in [6.45, 7) is 1.90. The fourth-order valence-corrected chi connectivity index (χ4v) is 5.54. The molecule has 7 nitrogen and oxygen atoms in total. The standard InChI is InChI=1S/C24H23N5O2S/c1-16-11-13-18(14-12-16)32(30,31)28-23-19(15-25)22-24(29(23)17-7-3-2-4-8-17)27-21-10-6-5-9-20(21)26-22/h5-6,9-14,17,28H,2-4,7-8H2,1H3. The van der Waals surface area contributed by atoms with Crippen molar-refractivity contribution >= 4 is 38.0 Å². The summed E-state index contributed by atoms with van der Waals surface area (Å²) in [5, 5.41) is 10.0. The van der Waals surface area contributed by atoms with Gasteiger partial charge in [0, 0.05) is 6.04 Å². The minimum Gasteiger partial charge on any atom is -0.306 e. The van der Waals surface area contributed by atoms with Gasteiger partial charge in [0.05, 0.1) is 15.9 Å². The molecule has 1 N–H and O–H groups in total. The fraction of sp³-hybridized carbons (Fsp3) is 0.292. The van der Waals surface area contributed by atoms with Gasteiger partial charge in [-0.05, 0) is 44.0 Å². The molecule has 0 amide bonds. The maximum atomic E-state index is 13.3. The zero-order valence-electron chi connectivity index (χ0n) is 17.7. The van der Waals surface area contributed by atoms with Gasteiger partial charge < -0.3 is 4.57 Å². The van der Waals surface area contributed by atoms with Gasteiger partial charge in [-0.25, -0.2) is 18.4 Å². The molecule has 0 radical (unpaired) electrons. The van der Waals surface area contributed by atoms with Crippen LogP contribution in [0.2, 0.25) is 0 Å². The quantitative estimate of drug-likeness (QED) is 0.473. The van der Waals surface area contributed by atoms with Crippen LogP contribution in [0.1, 0.15) is 49.3 Å². The van der Waals surface area contributed by atoms with Crippen molar-refractivity contribution in [2.75, 3.05) is 4.72 Å². The topological polar surface area (TPSA) is 101 Å². The molecular weight excluding hydrogens is 422 g/mol. The number of hydrogen-bond acceptors (Lipinski definition) is 5. The normalized spacial score (nSPS) is 15.1. The van der Waals surface area contributed by atoms with Gasteiger partial charge in [0.25, 0.3) is 10.0 Å². The second-order valence-electron chi connectivity index (χ2n) is 8.30. The van der Waals surface area contributed by atoms with Gasteiger partial charge in [-0.3, -0.25) is 4.72 Å². The summed E-state index contributed by atoms with van der Waals surface area (Å²) in [5.41, 5.74) is 3.54. The lowest BCUT2D eigenvalue weighted by molar-refractivity contribution is 0.362. The lowest BCUT2D eigenvalue weighted by atomic mass is 9.95. The number of anilines is 1. The Labute approximate surface area is 186 Å². The van der Waals surface area contributed by atoms with Crippen LogP contribution in [-0.2, 0) is 10.0 Å². The molecule has 1 aliphatic carbocycles. The second-order valence-corrected chi connectivity index (χ2v) is 9.98. The summed E-state index contributed by atoms with van der Waals surface area (Å²) < 4.78 is 31.1. The first-order valence-electron chi connectivity index (χ1n) is 10.8. The maximum absolute atomic E-state index is 13.3. The number of rotatable bonds is 4. The van der Waals surface area contributed by atoms with E-state index >= 15 is 0 Å². The summed E-state index contributed by atoms with van der Waals surface area (Å²) in [4.78, 5) is 9.66. The monoisotopic (exact) mass is 445 g/mol. The molecular formula is C24H23N5O2S. The van der Waals surface area contributed by atoms with Crippen LogP contribution in [-0.4, -0.2) is 23.0 Å². The number of benzene rings is 2. The van der Waals surface area contributed by atoms with Crippen LogP contribution in [0.5, 0.6) is 0 Å². The van der Waals surface area contributed by atoms with Crippen LogP contribution in [0.15, 0.2) is 53.4 Å². The minimum atomic E-state index is -3.90. The van der Waals surface area contributed by atoms with E-state index in [9.17, 15) is 13.7 Å². The molecule has 0 atom stereocenters. The highest BCUT2D eigenvalue weighted by Gasteiger charge is 2.29. The largest absolute Gasteiger partial charge is 0.306 e. The molecule has 2 aromatic heterocycles. The van der Waals surface area contributed by atoms with E-state index in [1.54, 1.807) is 24.3 Å². The molecule has 1 aliphatic rings. The summed E-state index contributed by atoms with van der Waals surface area (Å²) >= 11 is 0. The number of fused-ring (bicyclic) bond motifs is 2. The Morgan fingerprint density at radius 3 is 2.31 bits per heavy atom. The third kappa shape index (κ3) is 3.49. The van der Waals surface area contributed by atoms with Crippen LogP contribution < -0.4 is 4.72 Å². The number of nitrogens with zero attached hydrogens (tertiary/aromatic N) is 4. The van der Waals surface area contributed by atoms with E-state index in [1.165, 1.54) is 0 Å². The average molecular weight is 446 g/mol. The van der Waals surface area contributed by atoms with Gasteiger partial charge in [-0.15, -0.1) is 0 Å². The summed E-state index contributed by atoms with van der Waals surface area (Å²) in [5.74, 6) is 0.255. The van der Waals surface area contributed by atoms with Crippen molar-refractivity contribution in [3.8, 4) is 6.07 Å². The number of nitrogens with one attached hydrogen (secondary N) is 1. The maximum Gasteiger partial charge on any atom is 0.263 e. The molecule has 0 bridgehead atoms. The molecule has 0 aliphatic heterocycles. The van der Waals surface area contributed by atoms with Gasteiger partial charge in [-0.1, -0.05) is 49.1 Å². The van der Waals surface area contributed by atoms with Crippen molar-refractivity contribution in [2.24, 2.45) is 0 Å². The van der Waals surface area contributed by atoms with Crippen molar-refractivity contribution in [3.05, 3.63) is 59.7 Å².